The third kappa shape index (κ3) is 9.77. The quantitative estimate of drug-likeness (QED) is 0.542. The van der Waals surface area contributed by atoms with Crippen LogP contribution in [0.25, 0.3) is 0 Å². The van der Waals surface area contributed by atoms with Gasteiger partial charge in [0.2, 0.25) is 0 Å². The molecule has 0 aliphatic rings. The smallest absolute Gasteiger partial charge is 0.0517 e. The fraction of sp³-hybridized carbons (Fsp3) is 1.00. The lowest BCUT2D eigenvalue weighted by atomic mass is 9.79. The molecule has 0 radical (unpaired) electrons. The molecule has 2 nitrogen and oxygen atoms in total. The largest absolute Gasteiger partial charge is 0.316 e. The first-order chi connectivity index (χ1) is 9.23. The zero-order chi connectivity index (χ0) is 15.7. The number of rotatable bonds is 11. The lowest BCUT2D eigenvalue weighted by Crippen LogP contribution is -2.36. The predicted molar refractivity (Wildman–Crippen MR) is 91.6 cm³/mol. The third-order valence-electron chi connectivity index (χ3n) is 4.82. The van der Waals surface area contributed by atoms with E-state index < -0.39 is 0 Å². The fourth-order valence-electron chi connectivity index (χ4n) is 2.69. The van der Waals surface area contributed by atoms with Crippen molar-refractivity contribution >= 4 is 0 Å². The molecule has 122 valence electrons. The Morgan fingerprint density at radius 3 is 1.90 bits per heavy atom. The summed E-state index contributed by atoms with van der Waals surface area (Å²) in [5, 5.41) is 3.33. The second kappa shape index (κ2) is 10.6. The second-order valence-corrected chi connectivity index (χ2v) is 7.69. The Bertz CT molecular complexity index is 223. The highest BCUT2D eigenvalue weighted by atomic mass is 15.0. The Kier molecular flexibility index (Phi) is 10.6. The summed E-state index contributed by atoms with van der Waals surface area (Å²) in [7, 11) is 0. The molecule has 0 spiro atoms. The molecule has 0 aliphatic carbocycles. The van der Waals surface area contributed by atoms with Crippen molar-refractivity contribution in [3.05, 3.63) is 0 Å². The lowest BCUT2D eigenvalue weighted by Gasteiger charge is -2.27. The minimum atomic E-state index is 0.118. The SMILES string of the molecule is CC(CCCC(CC(C)C(C)C)C(C)C)CNC(C)N. The molecule has 0 saturated carbocycles. The zero-order valence-corrected chi connectivity index (χ0v) is 15.1. The summed E-state index contributed by atoms with van der Waals surface area (Å²) in [6, 6.07) is 0. The van der Waals surface area contributed by atoms with Gasteiger partial charge in [0.1, 0.15) is 0 Å². The van der Waals surface area contributed by atoms with E-state index in [4.69, 9.17) is 5.73 Å². The molecule has 0 rings (SSSR count). The molecule has 0 saturated heterocycles. The molecule has 4 unspecified atom stereocenters. The van der Waals surface area contributed by atoms with Gasteiger partial charge in [-0.2, -0.15) is 0 Å². The summed E-state index contributed by atoms with van der Waals surface area (Å²) >= 11 is 0. The van der Waals surface area contributed by atoms with Crippen molar-refractivity contribution in [1.29, 1.82) is 0 Å². The van der Waals surface area contributed by atoms with Crippen LogP contribution in [-0.2, 0) is 0 Å². The Morgan fingerprint density at radius 2 is 1.45 bits per heavy atom. The van der Waals surface area contributed by atoms with E-state index in [9.17, 15) is 0 Å². The van der Waals surface area contributed by atoms with Crippen molar-refractivity contribution in [2.24, 2.45) is 35.3 Å². The molecule has 4 atom stereocenters. The molecule has 0 aromatic heterocycles. The van der Waals surface area contributed by atoms with Gasteiger partial charge in [-0.05, 0) is 55.9 Å². The maximum absolute atomic E-state index is 5.73. The fourth-order valence-corrected chi connectivity index (χ4v) is 2.69. The summed E-state index contributed by atoms with van der Waals surface area (Å²) in [4.78, 5) is 0. The summed E-state index contributed by atoms with van der Waals surface area (Å²) in [6.07, 6.45) is 5.57. The number of hydrogen-bond acceptors (Lipinski definition) is 2. The summed E-state index contributed by atoms with van der Waals surface area (Å²) in [5.41, 5.74) is 5.73. The van der Waals surface area contributed by atoms with Crippen molar-refractivity contribution in [3.63, 3.8) is 0 Å². The highest BCUT2D eigenvalue weighted by molar-refractivity contribution is 4.70. The van der Waals surface area contributed by atoms with Crippen LogP contribution in [-0.4, -0.2) is 12.7 Å². The molecular formula is C18H40N2. The van der Waals surface area contributed by atoms with Gasteiger partial charge >= 0.3 is 0 Å². The van der Waals surface area contributed by atoms with E-state index in [1.54, 1.807) is 0 Å². The first-order valence-corrected chi connectivity index (χ1v) is 8.72. The van der Waals surface area contributed by atoms with Gasteiger partial charge in [0.05, 0.1) is 6.17 Å². The van der Waals surface area contributed by atoms with Gasteiger partial charge in [-0.3, -0.25) is 0 Å². The predicted octanol–water partition coefficient (Wildman–Crippen LogP) is 4.64. The highest BCUT2D eigenvalue weighted by Gasteiger charge is 2.18. The van der Waals surface area contributed by atoms with Crippen LogP contribution < -0.4 is 11.1 Å². The van der Waals surface area contributed by atoms with Crippen molar-refractivity contribution in [2.75, 3.05) is 6.54 Å². The topological polar surface area (TPSA) is 38.0 Å². The van der Waals surface area contributed by atoms with Gasteiger partial charge in [0.15, 0.2) is 0 Å². The van der Waals surface area contributed by atoms with E-state index in [1.807, 2.05) is 6.92 Å². The minimum Gasteiger partial charge on any atom is -0.316 e. The first-order valence-electron chi connectivity index (χ1n) is 8.72. The van der Waals surface area contributed by atoms with E-state index in [0.717, 1.165) is 36.1 Å². The molecule has 0 amide bonds. The van der Waals surface area contributed by atoms with Crippen molar-refractivity contribution in [2.45, 2.75) is 80.3 Å². The Morgan fingerprint density at radius 1 is 0.850 bits per heavy atom. The van der Waals surface area contributed by atoms with Crippen LogP contribution in [0.1, 0.15) is 74.1 Å². The average Bonchev–Trinajstić information content (AvgIpc) is 2.34. The van der Waals surface area contributed by atoms with Gasteiger partial charge in [-0.15, -0.1) is 0 Å². The van der Waals surface area contributed by atoms with Crippen LogP contribution in [0.5, 0.6) is 0 Å². The number of nitrogens with two attached hydrogens (primary N) is 1. The van der Waals surface area contributed by atoms with Crippen LogP contribution in [0.2, 0.25) is 0 Å². The van der Waals surface area contributed by atoms with Crippen molar-refractivity contribution in [3.8, 4) is 0 Å². The van der Waals surface area contributed by atoms with E-state index in [-0.39, 0.29) is 6.17 Å². The minimum absolute atomic E-state index is 0.118. The Balaban J connectivity index is 3.97. The van der Waals surface area contributed by atoms with E-state index in [2.05, 4.69) is 46.9 Å². The highest BCUT2D eigenvalue weighted by Crippen LogP contribution is 2.29. The molecule has 0 heterocycles. The molecule has 0 bridgehead atoms. The lowest BCUT2D eigenvalue weighted by molar-refractivity contribution is 0.244. The summed E-state index contributed by atoms with van der Waals surface area (Å²) in [6.45, 7) is 17.3. The summed E-state index contributed by atoms with van der Waals surface area (Å²) in [5.74, 6) is 4.09. The third-order valence-corrected chi connectivity index (χ3v) is 4.82. The van der Waals surface area contributed by atoms with Crippen LogP contribution in [0.3, 0.4) is 0 Å². The zero-order valence-electron chi connectivity index (χ0n) is 15.1. The first kappa shape index (κ1) is 19.9. The Hall–Kier alpha value is -0.0800. The molecule has 2 heteroatoms. The van der Waals surface area contributed by atoms with Gasteiger partial charge in [-0.25, -0.2) is 0 Å². The molecule has 0 aliphatic heterocycles. The maximum atomic E-state index is 5.73. The van der Waals surface area contributed by atoms with Crippen LogP contribution in [0, 0.1) is 29.6 Å². The van der Waals surface area contributed by atoms with Crippen LogP contribution in [0.4, 0.5) is 0 Å². The molecule has 3 N–H and O–H groups in total. The van der Waals surface area contributed by atoms with E-state index >= 15 is 0 Å². The van der Waals surface area contributed by atoms with E-state index in [0.29, 0.717) is 0 Å². The molecule has 20 heavy (non-hydrogen) atoms. The molecular weight excluding hydrogens is 244 g/mol. The summed E-state index contributed by atoms with van der Waals surface area (Å²) < 4.78 is 0. The van der Waals surface area contributed by atoms with Crippen molar-refractivity contribution < 1.29 is 0 Å². The number of hydrogen-bond donors (Lipinski definition) is 2. The van der Waals surface area contributed by atoms with Gasteiger partial charge in [0, 0.05) is 0 Å². The maximum Gasteiger partial charge on any atom is 0.0517 e. The molecule has 0 aromatic rings. The van der Waals surface area contributed by atoms with Crippen LogP contribution >= 0.6 is 0 Å². The molecule has 0 aromatic carbocycles. The van der Waals surface area contributed by atoms with Gasteiger partial charge in [0.25, 0.3) is 0 Å². The van der Waals surface area contributed by atoms with Gasteiger partial charge < -0.3 is 11.1 Å². The standard InChI is InChI=1S/C18H40N2/c1-13(2)16(6)11-18(14(3)4)10-8-9-15(5)12-20-17(7)19/h13-18,20H,8-12,19H2,1-7H3. The van der Waals surface area contributed by atoms with Gasteiger partial charge in [-0.1, -0.05) is 54.4 Å². The number of nitrogens with one attached hydrogen (secondary N) is 1. The van der Waals surface area contributed by atoms with Crippen molar-refractivity contribution in [1.82, 2.24) is 5.32 Å². The van der Waals surface area contributed by atoms with E-state index in [1.165, 1.54) is 25.7 Å². The molecule has 0 fully saturated rings. The normalized spacial score (nSPS) is 18.3. The monoisotopic (exact) mass is 284 g/mol. The van der Waals surface area contributed by atoms with Crippen LogP contribution in [0.15, 0.2) is 0 Å². The average molecular weight is 285 g/mol. The second-order valence-electron chi connectivity index (χ2n) is 7.69. The Labute approximate surface area is 128 Å².